The molecule has 0 spiro atoms. The monoisotopic (exact) mass is 194 g/mol. The molecule has 14 heavy (non-hydrogen) atoms. The number of aryl methyl sites for hydroxylation is 1. The average molecular weight is 194 g/mol. The molecule has 1 aromatic heterocycles. The molecule has 1 aromatic rings. The summed E-state index contributed by atoms with van der Waals surface area (Å²) in [6.45, 7) is 5.43. The highest BCUT2D eigenvalue weighted by molar-refractivity contribution is 4.99. The molecule has 1 aliphatic rings. The Morgan fingerprint density at radius 3 is 3.29 bits per heavy atom. The lowest BCUT2D eigenvalue weighted by molar-refractivity contribution is 0.430. The third-order valence-electron chi connectivity index (χ3n) is 2.77. The van der Waals surface area contributed by atoms with E-state index in [1.54, 1.807) is 0 Å². The molecule has 1 N–H and O–H groups in total. The number of nitrogens with one attached hydrogen (secondary N) is 1. The van der Waals surface area contributed by atoms with Crippen LogP contribution in [0.3, 0.4) is 0 Å². The summed E-state index contributed by atoms with van der Waals surface area (Å²) in [7, 11) is 0. The fraction of sp³-hybridized carbons (Fsp3) is 0.800. The topological polar surface area (TPSA) is 42.7 Å². The molecule has 78 valence electrons. The van der Waals surface area contributed by atoms with Crippen molar-refractivity contribution in [3.05, 3.63) is 12.2 Å². The van der Waals surface area contributed by atoms with Crippen molar-refractivity contribution in [2.75, 3.05) is 13.1 Å². The Morgan fingerprint density at radius 2 is 2.57 bits per heavy atom. The van der Waals surface area contributed by atoms with E-state index in [1.165, 1.54) is 18.7 Å². The molecule has 1 atom stereocenters. The second kappa shape index (κ2) is 4.55. The molecule has 1 saturated heterocycles. The van der Waals surface area contributed by atoms with Gasteiger partial charge in [0.1, 0.15) is 12.2 Å². The maximum Gasteiger partial charge on any atom is 0.137 e. The van der Waals surface area contributed by atoms with Gasteiger partial charge in [0.2, 0.25) is 0 Å². The van der Waals surface area contributed by atoms with Gasteiger partial charge in [0.15, 0.2) is 0 Å². The fourth-order valence-corrected chi connectivity index (χ4v) is 2.07. The Balaban J connectivity index is 2.09. The lowest BCUT2D eigenvalue weighted by atomic mass is 9.99. The van der Waals surface area contributed by atoms with Gasteiger partial charge >= 0.3 is 0 Å². The zero-order valence-electron chi connectivity index (χ0n) is 8.74. The summed E-state index contributed by atoms with van der Waals surface area (Å²) in [6, 6.07) is 0. The molecular formula is C10H18N4. The van der Waals surface area contributed by atoms with Crippen molar-refractivity contribution in [2.45, 2.75) is 38.6 Å². The minimum atomic E-state index is 0.567. The zero-order chi connectivity index (χ0) is 9.80. The van der Waals surface area contributed by atoms with Crippen LogP contribution < -0.4 is 5.32 Å². The molecule has 0 amide bonds. The van der Waals surface area contributed by atoms with Crippen molar-refractivity contribution < 1.29 is 0 Å². The predicted octanol–water partition coefficient (Wildman–Crippen LogP) is 1.16. The molecule has 0 saturated carbocycles. The highest BCUT2D eigenvalue weighted by Gasteiger charge is 2.19. The van der Waals surface area contributed by atoms with Crippen molar-refractivity contribution >= 4 is 0 Å². The van der Waals surface area contributed by atoms with E-state index in [9.17, 15) is 0 Å². The Morgan fingerprint density at radius 1 is 1.64 bits per heavy atom. The lowest BCUT2D eigenvalue weighted by Crippen LogP contribution is -2.30. The number of rotatable bonds is 3. The van der Waals surface area contributed by atoms with Crippen LogP contribution in [0.15, 0.2) is 6.33 Å². The first-order chi connectivity index (χ1) is 6.92. The number of nitrogens with zero attached hydrogens (tertiary/aromatic N) is 3. The molecular weight excluding hydrogens is 176 g/mol. The summed E-state index contributed by atoms with van der Waals surface area (Å²) in [5, 5.41) is 11.6. The molecule has 2 rings (SSSR count). The van der Waals surface area contributed by atoms with Crippen molar-refractivity contribution in [3.8, 4) is 0 Å². The van der Waals surface area contributed by atoms with Crippen LogP contribution in [0.25, 0.3) is 0 Å². The summed E-state index contributed by atoms with van der Waals surface area (Å²) in [5.41, 5.74) is 0. The van der Waals surface area contributed by atoms with Gasteiger partial charge in [0, 0.05) is 19.0 Å². The normalized spacial score (nSPS) is 22.5. The molecule has 1 aliphatic heterocycles. The van der Waals surface area contributed by atoms with Crippen LogP contribution >= 0.6 is 0 Å². The van der Waals surface area contributed by atoms with Gasteiger partial charge in [-0.25, -0.2) is 0 Å². The molecule has 1 fully saturated rings. The summed E-state index contributed by atoms with van der Waals surface area (Å²) >= 11 is 0. The Kier molecular flexibility index (Phi) is 3.14. The minimum absolute atomic E-state index is 0.567. The average Bonchev–Trinajstić information content (AvgIpc) is 2.68. The molecule has 2 heterocycles. The van der Waals surface area contributed by atoms with E-state index in [2.05, 4.69) is 27.0 Å². The predicted molar refractivity (Wildman–Crippen MR) is 55.2 cm³/mol. The molecule has 0 aliphatic carbocycles. The molecule has 0 aromatic carbocycles. The maximum atomic E-state index is 4.23. The largest absolute Gasteiger partial charge is 0.317 e. The van der Waals surface area contributed by atoms with Gasteiger partial charge in [-0.05, 0) is 25.8 Å². The van der Waals surface area contributed by atoms with Crippen molar-refractivity contribution in [1.82, 2.24) is 20.1 Å². The summed E-state index contributed by atoms with van der Waals surface area (Å²) in [4.78, 5) is 0. The third-order valence-corrected chi connectivity index (χ3v) is 2.77. The lowest BCUT2D eigenvalue weighted by Gasteiger charge is -2.22. The Hall–Kier alpha value is -0.900. The first-order valence-corrected chi connectivity index (χ1v) is 5.50. The zero-order valence-corrected chi connectivity index (χ0v) is 8.74. The first kappa shape index (κ1) is 9.65. The molecule has 4 heteroatoms. The second-order valence-corrected chi connectivity index (χ2v) is 3.93. The van der Waals surface area contributed by atoms with Crippen LogP contribution in [-0.4, -0.2) is 27.9 Å². The van der Waals surface area contributed by atoms with Gasteiger partial charge in [0.05, 0.1) is 0 Å². The molecule has 0 radical (unpaired) electrons. The summed E-state index contributed by atoms with van der Waals surface area (Å²) in [5.74, 6) is 1.73. The van der Waals surface area contributed by atoms with Crippen LogP contribution in [0.2, 0.25) is 0 Å². The van der Waals surface area contributed by atoms with Gasteiger partial charge in [0.25, 0.3) is 0 Å². The number of hydrogen-bond donors (Lipinski definition) is 1. The summed E-state index contributed by atoms with van der Waals surface area (Å²) in [6.07, 6.45) is 5.50. The van der Waals surface area contributed by atoms with Gasteiger partial charge in [-0.2, -0.15) is 0 Å². The maximum absolute atomic E-state index is 4.23. The Bertz CT molecular complexity index is 275. The van der Waals surface area contributed by atoms with Crippen LogP contribution in [0.1, 0.15) is 37.9 Å². The molecule has 0 bridgehead atoms. The van der Waals surface area contributed by atoms with E-state index < -0.39 is 0 Å². The highest BCUT2D eigenvalue weighted by Crippen LogP contribution is 2.20. The van der Waals surface area contributed by atoms with Crippen LogP contribution in [0.5, 0.6) is 0 Å². The smallest absolute Gasteiger partial charge is 0.137 e. The van der Waals surface area contributed by atoms with Gasteiger partial charge in [-0.3, -0.25) is 0 Å². The third kappa shape index (κ3) is 1.95. The van der Waals surface area contributed by atoms with E-state index in [-0.39, 0.29) is 0 Å². The van der Waals surface area contributed by atoms with Gasteiger partial charge in [-0.15, -0.1) is 10.2 Å². The number of aromatic nitrogens is 3. The van der Waals surface area contributed by atoms with E-state index in [0.717, 1.165) is 26.1 Å². The second-order valence-electron chi connectivity index (χ2n) is 3.93. The summed E-state index contributed by atoms with van der Waals surface area (Å²) < 4.78 is 2.19. The van der Waals surface area contributed by atoms with Gasteiger partial charge < -0.3 is 9.88 Å². The van der Waals surface area contributed by atoms with E-state index in [1.807, 2.05) is 6.33 Å². The van der Waals surface area contributed by atoms with E-state index in [4.69, 9.17) is 0 Å². The number of piperidine rings is 1. The minimum Gasteiger partial charge on any atom is -0.317 e. The first-order valence-electron chi connectivity index (χ1n) is 5.50. The Labute approximate surface area is 84.7 Å². The molecule has 4 nitrogen and oxygen atoms in total. The van der Waals surface area contributed by atoms with Crippen molar-refractivity contribution in [1.29, 1.82) is 0 Å². The standard InChI is InChI=1S/C10H18N4/c1-2-6-14-8-12-13-10(14)9-4-3-5-11-7-9/h8-9,11H,2-7H2,1H3. The van der Waals surface area contributed by atoms with E-state index in [0.29, 0.717) is 5.92 Å². The van der Waals surface area contributed by atoms with Crippen LogP contribution in [-0.2, 0) is 6.54 Å². The van der Waals surface area contributed by atoms with Gasteiger partial charge in [-0.1, -0.05) is 6.92 Å². The quantitative estimate of drug-likeness (QED) is 0.785. The SMILES string of the molecule is CCCn1cnnc1C1CCCNC1. The number of hydrogen-bond acceptors (Lipinski definition) is 3. The van der Waals surface area contributed by atoms with Crippen LogP contribution in [0, 0.1) is 0 Å². The fourth-order valence-electron chi connectivity index (χ4n) is 2.07. The van der Waals surface area contributed by atoms with Crippen molar-refractivity contribution in [2.24, 2.45) is 0 Å². The van der Waals surface area contributed by atoms with E-state index >= 15 is 0 Å². The van der Waals surface area contributed by atoms with Crippen molar-refractivity contribution in [3.63, 3.8) is 0 Å². The molecule has 1 unspecified atom stereocenters. The highest BCUT2D eigenvalue weighted by atomic mass is 15.3. The van der Waals surface area contributed by atoms with Crippen LogP contribution in [0.4, 0.5) is 0 Å².